The second-order valence-electron chi connectivity index (χ2n) is 5.12. The maximum Gasteiger partial charge on any atom is 0.262 e. The molecule has 5 nitrogen and oxygen atoms in total. The minimum atomic E-state index is -3.71. The minimum absolute atomic E-state index is 0.230. The van der Waals surface area contributed by atoms with Crippen molar-refractivity contribution >= 4 is 21.4 Å². The molecule has 1 aromatic heterocycles. The zero-order valence-electron chi connectivity index (χ0n) is 12.6. The Morgan fingerprint density at radius 2 is 1.81 bits per heavy atom. The summed E-state index contributed by atoms with van der Waals surface area (Å²) in [5.74, 6) is 0. The molecule has 3 N–H and O–H groups in total. The Kier molecular flexibility index (Phi) is 3.91. The molecule has 0 atom stereocenters. The lowest BCUT2D eigenvalue weighted by atomic mass is 10.1. The molecule has 0 saturated carbocycles. The van der Waals surface area contributed by atoms with Gasteiger partial charge in [0.2, 0.25) is 0 Å². The standard InChI is InChI=1S/C15H19N3O2S/c1-9-8-10(2)15(11(3)14(9)16)21(19,20)18-13-6-5-7-17-12(13)4/h5-8,18H,16H2,1-4H3. The number of rotatable bonds is 3. The van der Waals surface area contributed by atoms with Crippen molar-refractivity contribution in [1.29, 1.82) is 0 Å². The fourth-order valence-electron chi connectivity index (χ4n) is 2.38. The van der Waals surface area contributed by atoms with Gasteiger partial charge in [-0.05, 0) is 56.5 Å². The van der Waals surface area contributed by atoms with Crippen molar-refractivity contribution in [2.45, 2.75) is 32.6 Å². The van der Waals surface area contributed by atoms with Crippen LogP contribution in [0.15, 0.2) is 29.3 Å². The maximum absolute atomic E-state index is 12.7. The molecule has 0 radical (unpaired) electrons. The highest BCUT2D eigenvalue weighted by Crippen LogP contribution is 2.29. The van der Waals surface area contributed by atoms with Crippen LogP contribution in [0.3, 0.4) is 0 Å². The Balaban J connectivity index is 2.56. The summed E-state index contributed by atoms with van der Waals surface area (Å²) in [5, 5.41) is 0. The van der Waals surface area contributed by atoms with Gasteiger partial charge in [0.25, 0.3) is 10.0 Å². The zero-order valence-corrected chi connectivity index (χ0v) is 13.4. The molecular weight excluding hydrogens is 286 g/mol. The van der Waals surface area contributed by atoms with Crippen LogP contribution in [0.5, 0.6) is 0 Å². The van der Waals surface area contributed by atoms with Crippen LogP contribution in [0, 0.1) is 27.7 Å². The average molecular weight is 305 g/mol. The molecule has 112 valence electrons. The van der Waals surface area contributed by atoms with E-state index < -0.39 is 10.0 Å². The van der Waals surface area contributed by atoms with Gasteiger partial charge in [-0.2, -0.15) is 0 Å². The lowest BCUT2D eigenvalue weighted by molar-refractivity contribution is 0.600. The molecule has 0 unspecified atom stereocenters. The number of nitrogens with zero attached hydrogens (tertiary/aromatic N) is 1. The highest BCUT2D eigenvalue weighted by Gasteiger charge is 2.22. The number of nitrogens with two attached hydrogens (primary N) is 1. The smallest absolute Gasteiger partial charge is 0.262 e. The fourth-order valence-corrected chi connectivity index (χ4v) is 3.99. The molecule has 0 aliphatic rings. The highest BCUT2D eigenvalue weighted by atomic mass is 32.2. The Bertz CT molecular complexity index is 799. The monoisotopic (exact) mass is 305 g/mol. The first-order chi connectivity index (χ1) is 9.74. The van der Waals surface area contributed by atoms with Crippen molar-refractivity contribution in [3.05, 3.63) is 46.8 Å². The molecule has 2 rings (SSSR count). The summed E-state index contributed by atoms with van der Waals surface area (Å²) < 4.78 is 27.9. The molecule has 1 aromatic carbocycles. The molecule has 0 spiro atoms. The second-order valence-corrected chi connectivity index (χ2v) is 6.74. The predicted molar refractivity (Wildman–Crippen MR) is 84.8 cm³/mol. The van der Waals surface area contributed by atoms with Crippen LogP contribution in [-0.4, -0.2) is 13.4 Å². The van der Waals surface area contributed by atoms with Gasteiger partial charge in [-0.25, -0.2) is 8.42 Å². The van der Waals surface area contributed by atoms with Crippen LogP contribution in [0.25, 0.3) is 0 Å². The number of pyridine rings is 1. The number of hydrogen-bond donors (Lipinski definition) is 2. The van der Waals surface area contributed by atoms with E-state index in [-0.39, 0.29) is 4.90 Å². The van der Waals surface area contributed by atoms with Crippen molar-refractivity contribution in [3.63, 3.8) is 0 Å². The van der Waals surface area contributed by atoms with E-state index in [1.807, 2.05) is 6.92 Å². The van der Waals surface area contributed by atoms with Crippen molar-refractivity contribution in [3.8, 4) is 0 Å². The number of hydrogen-bond acceptors (Lipinski definition) is 4. The van der Waals surface area contributed by atoms with Gasteiger partial charge in [-0.1, -0.05) is 6.07 Å². The normalized spacial score (nSPS) is 11.4. The molecule has 6 heteroatoms. The molecule has 1 heterocycles. The number of sulfonamides is 1. The van der Waals surface area contributed by atoms with E-state index in [0.717, 1.165) is 5.56 Å². The van der Waals surface area contributed by atoms with E-state index in [1.165, 1.54) is 0 Å². The first-order valence-electron chi connectivity index (χ1n) is 6.54. The molecule has 0 saturated heterocycles. The number of nitrogen functional groups attached to an aromatic ring is 1. The first kappa shape index (κ1) is 15.3. The van der Waals surface area contributed by atoms with Crippen molar-refractivity contribution in [2.75, 3.05) is 10.5 Å². The van der Waals surface area contributed by atoms with Gasteiger partial charge < -0.3 is 5.73 Å². The molecule has 21 heavy (non-hydrogen) atoms. The zero-order chi connectivity index (χ0) is 15.8. The van der Waals surface area contributed by atoms with Crippen LogP contribution in [0.1, 0.15) is 22.4 Å². The van der Waals surface area contributed by atoms with Crippen molar-refractivity contribution in [1.82, 2.24) is 4.98 Å². The lowest BCUT2D eigenvalue weighted by Gasteiger charge is -2.16. The van der Waals surface area contributed by atoms with Gasteiger partial charge in [0.1, 0.15) is 0 Å². The van der Waals surface area contributed by atoms with E-state index in [4.69, 9.17) is 5.73 Å². The largest absolute Gasteiger partial charge is 0.398 e. The van der Waals surface area contributed by atoms with Gasteiger partial charge >= 0.3 is 0 Å². The van der Waals surface area contributed by atoms with E-state index in [0.29, 0.717) is 28.2 Å². The van der Waals surface area contributed by atoms with Crippen molar-refractivity contribution in [2.24, 2.45) is 0 Å². The molecule has 0 aliphatic heterocycles. The number of benzene rings is 1. The summed E-state index contributed by atoms with van der Waals surface area (Å²) in [6.07, 6.45) is 1.62. The first-order valence-corrected chi connectivity index (χ1v) is 8.03. The van der Waals surface area contributed by atoms with E-state index in [9.17, 15) is 8.42 Å². The third-order valence-electron chi connectivity index (χ3n) is 3.48. The Morgan fingerprint density at radius 1 is 1.14 bits per heavy atom. The summed E-state index contributed by atoms with van der Waals surface area (Å²) >= 11 is 0. The SMILES string of the molecule is Cc1cc(C)c(S(=O)(=O)Nc2cccnc2C)c(C)c1N. The fraction of sp³-hybridized carbons (Fsp3) is 0.267. The van der Waals surface area contributed by atoms with Crippen molar-refractivity contribution < 1.29 is 8.42 Å². The van der Waals surface area contributed by atoms with Crippen LogP contribution in [-0.2, 0) is 10.0 Å². The third-order valence-corrected chi connectivity index (χ3v) is 5.13. The van der Waals surface area contributed by atoms with Crippen LogP contribution in [0.4, 0.5) is 11.4 Å². The topological polar surface area (TPSA) is 85.1 Å². The Hall–Kier alpha value is -2.08. The molecule has 0 bridgehead atoms. The Morgan fingerprint density at radius 3 is 2.43 bits per heavy atom. The summed E-state index contributed by atoms with van der Waals surface area (Å²) in [4.78, 5) is 4.31. The average Bonchev–Trinajstić information content (AvgIpc) is 2.38. The van der Waals surface area contributed by atoms with Gasteiger partial charge in [0, 0.05) is 11.9 Å². The molecule has 2 aromatic rings. The van der Waals surface area contributed by atoms with Crippen LogP contribution < -0.4 is 10.5 Å². The maximum atomic E-state index is 12.7. The van der Waals surface area contributed by atoms with Gasteiger partial charge in [0.05, 0.1) is 16.3 Å². The van der Waals surface area contributed by atoms with Gasteiger partial charge in [-0.15, -0.1) is 0 Å². The van der Waals surface area contributed by atoms with Crippen LogP contribution in [0.2, 0.25) is 0 Å². The summed E-state index contributed by atoms with van der Waals surface area (Å²) in [6, 6.07) is 5.16. The van der Waals surface area contributed by atoms with Gasteiger partial charge in [-0.3, -0.25) is 9.71 Å². The third kappa shape index (κ3) is 2.85. The summed E-state index contributed by atoms with van der Waals surface area (Å²) in [5.41, 5.74) is 9.68. The number of nitrogens with one attached hydrogen (secondary N) is 1. The number of anilines is 2. The summed E-state index contributed by atoms with van der Waals surface area (Å²) in [7, 11) is -3.71. The second kappa shape index (κ2) is 5.37. The number of aryl methyl sites for hydroxylation is 3. The lowest BCUT2D eigenvalue weighted by Crippen LogP contribution is -2.17. The summed E-state index contributed by atoms with van der Waals surface area (Å²) in [6.45, 7) is 7.11. The predicted octanol–water partition coefficient (Wildman–Crippen LogP) is 2.70. The van der Waals surface area contributed by atoms with Gasteiger partial charge in [0.15, 0.2) is 0 Å². The molecule has 0 fully saturated rings. The van der Waals surface area contributed by atoms with E-state index in [2.05, 4.69) is 9.71 Å². The van der Waals surface area contributed by atoms with E-state index >= 15 is 0 Å². The molecule has 0 aliphatic carbocycles. The molecule has 0 amide bonds. The Labute approximate surface area is 125 Å². The minimum Gasteiger partial charge on any atom is -0.398 e. The van der Waals surface area contributed by atoms with Crippen LogP contribution >= 0.6 is 0 Å². The number of aromatic nitrogens is 1. The molecular formula is C15H19N3O2S. The van der Waals surface area contributed by atoms with E-state index in [1.54, 1.807) is 45.2 Å². The highest BCUT2D eigenvalue weighted by molar-refractivity contribution is 7.92. The quantitative estimate of drug-likeness (QED) is 0.854.